The van der Waals surface area contributed by atoms with E-state index in [9.17, 15) is 9.90 Å². The molecule has 8 heavy (non-hydrogen) atoms. The van der Waals surface area contributed by atoms with Gasteiger partial charge < -0.3 is 15.2 Å². The van der Waals surface area contributed by atoms with E-state index in [2.05, 4.69) is 5.32 Å². The number of carbonyl (C=O) groups is 1. The molecule has 0 saturated carbocycles. The van der Waals surface area contributed by atoms with Crippen LogP contribution in [0, 0.1) is 0 Å². The van der Waals surface area contributed by atoms with Crippen LogP contribution < -0.4 is 29.3 Å². The zero-order chi connectivity index (χ0) is 5.86. The van der Waals surface area contributed by atoms with E-state index in [1.165, 1.54) is 6.92 Å². The smallest absolute Gasteiger partial charge is 0.548 e. The largest absolute Gasteiger partial charge is 1.00 e. The molecule has 0 amide bonds. The minimum Gasteiger partial charge on any atom is -0.548 e. The molecule has 0 bridgehead atoms. The van der Waals surface area contributed by atoms with Crippen molar-refractivity contribution in [3.63, 3.8) is 0 Å². The molecule has 3 nitrogen and oxygen atoms in total. The number of rotatable bonds is 2. The molecule has 1 atom stereocenters. The predicted molar refractivity (Wildman–Crippen MR) is 23.5 cm³/mol. The molecule has 0 aromatic heterocycles. The van der Waals surface area contributed by atoms with Gasteiger partial charge in [-0.05, 0) is 14.0 Å². The van der Waals surface area contributed by atoms with Crippen LogP contribution in [0.25, 0.3) is 0 Å². The summed E-state index contributed by atoms with van der Waals surface area (Å²) in [6, 6.07) is -0.542. The van der Waals surface area contributed by atoms with Crippen molar-refractivity contribution in [2.45, 2.75) is 13.0 Å². The number of carboxylic acid groups (broad SMARTS) is 1. The Morgan fingerprint density at radius 1 is 1.75 bits per heavy atom. The molecule has 0 aliphatic carbocycles. The van der Waals surface area contributed by atoms with Crippen LogP contribution in [0.1, 0.15) is 6.92 Å². The first kappa shape index (κ1) is 10.9. The van der Waals surface area contributed by atoms with Crippen LogP contribution >= 0.6 is 0 Å². The molecule has 0 radical (unpaired) electrons. The molecule has 0 heterocycles. The van der Waals surface area contributed by atoms with Gasteiger partial charge >= 0.3 is 18.9 Å². The summed E-state index contributed by atoms with van der Waals surface area (Å²) >= 11 is 0. The minimum atomic E-state index is -1.07. The monoisotopic (exact) mass is 109 g/mol. The maximum Gasteiger partial charge on any atom is 1.00 e. The topological polar surface area (TPSA) is 52.2 Å². The van der Waals surface area contributed by atoms with Gasteiger partial charge in [-0.2, -0.15) is 0 Å². The van der Waals surface area contributed by atoms with Crippen LogP contribution in [0.15, 0.2) is 0 Å². The molecule has 0 aliphatic rings. The molecule has 0 unspecified atom stereocenters. The van der Waals surface area contributed by atoms with Crippen molar-refractivity contribution >= 4 is 5.97 Å². The molecule has 0 fully saturated rings. The van der Waals surface area contributed by atoms with Crippen molar-refractivity contribution in [1.82, 2.24) is 5.32 Å². The van der Waals surface area contributed by atoms with Gasteiger partial charge in [-0.25, -0.2) is 0 Å². The molecule has 0 saturated heterocycles. The van der Waals surface area contributed by atoms with Gasteiger partial charge in [0, 0.05) is 6.04 Å². The number of hydrogen-bond donors (Lipinski definition) is 1. The Bertz CT molecular complexity index is 76.4. The summed E-state index contributed by atoms with van der Waals surface area (Å²) < 4.78 is 0. The van der Waals surface area contributed by atoms with Crippen LogP contribution in [0.3, 0.4) is 0 Å². The average Bonchev–Trinajstić information content (AvgIpc) is 1.65. The van der Waals surface area contributed by atoms with Crippen LogP contribution in [-0.2, 0) is 4.79 Å². The molecule has 42 valence electrons. The molecule has 4 heteroatoms. The van der Waals surface area contributed by atoms with Crippen LogP contribution in [0.5, 0.6) is 0 Å². The Morgan fingerprint density at radius 2 is 2.12 bits per heavy atom. The van der Waals surface area contributed by atoms with Crippen molar-refractivity contribution in [3.05, 3.63) is 0 Å². The van der Waals surface area contributed by atoms with Gasteiger partial charge in [0.05, 0.1) is 5.97 Å². The summed E-state index contributed by atoms with van der Waals surface area (Å²) in [5.41, 5.74) is 0. The summed E-state index contributed by atoms with van der Waals surface area (Å²) in [5.74, 6) is -1.07. The van der Waals surface area contributed by atoms with E-state index in [-0.39, 0.29) is 18.9 Å². The Balaban J connectivity index is 0. The molecular weight excluding hydrogens is 101 g/mol. The normalized spacial score (nSPS) is 11.8. The third kappa shape index (κ3) is 4.19. The second kappa shape index (κ2) is 5.17. The quantitative estimate of drug-likeness (QED) is 0.363. The summed E-state index contributed by atoms with van der Waals surface area (Å²) in [6.45, 7) is 1.52. The third-order valence-corrected chi connectivity index (χ3v) is 0.787. The maximum absolute atomic E-state index is 9.76. The number of hydrogen-bond acceptors (Lipinski definition) is 3. The number of nitrogens with one attached hydrogen (secondary N) is 1. The van der Waals surface area contributed by atoms with E-state index in [1.807, 2.05) is 0 Å². The summed E-state index contributed by atoms with van der Waals surface area (Å²) in [6.07, 6.45) is 0. The Hall–Kier alpha value is 0.0274. The first-order valence-electron chi connectivity index (χ1n) is 2.06. The van der Waals surface area contributed by atoms with Gasteiger partial charge in [-0.1, -0.05) is 0 Å². The van der Waals surface area contributed by atoms with Crippen LogP contribution in [0.2, 0.25) is 0 Å². The van der Waals surface area contributed by atoms with Gasteiger partial charge in [-0.15, -0.1) is 0 Å². The number of carboxylic acids is 1. The fourth-order valence-electron chi connectivity index (χ4n) is 0.118. The van der Waals surface area contributed by atoms with Crippen molar-refractivity contribution in [2.75, 3.05) is 7.05 Å². The number of aliphatic carboxylic acids is 1. The Morgan fingerprint density at radius 3 is 2.12 bits per heavy atom. The zero-order valence-corrected chi connectivity index (χ0v) is 5.39. The average molecular weight is 109 g/mol. The van der Waals surface area contributed by atoms with E-state index < -0.39 is 12.0 Å². The third-order valence-electron chi connectivity index (χ3n) is 0.787. The Labute approximate surface area is 60.6 Å². The van der Waals surface area contributed by atoms with Crippen molar-refractivity contribution < 1.29 is 28.8 Å². The van der Waals surface area contributed by atoms with Crippen LogP contribution in [0.4, 0.5) is 0 Å². The van der Waals surface area contributed by atoms with Crippen LogP contribution in [-0.4, -0.2) is 19.1 Å². The molecule has 1 N–H and O–H groups in total. The fraction of sp³-hybridized carbons (Fsp3) is 0.750. The van der Waals surface area contributed by atoms with Gasteiger partial charge in [-0.3, -0.25) is 0 Å². The molecule has 0 aromatic rings. The summed E-state index contributed by atoms with van der Waals surface area (Å²) in [5, 5.41) is 12.3. The molecule has 0 aliphatic heterocycles. The molecule has 0 rings (SSSR count). The number of carbonyl (C=O) groups excluding carboxylic acids is 1. The second-order valence-corrected chi connectivity index (χ2v) is 1.33. The predicted octanol–water partition coefficient (Wildman–Crippen LogP) is -4.65. The van der Waals surface area contributed by atoms with E-state index >= 15 is 0 Å². The molecule has 0 aromatic carbocycles. The van der Waals surface area contributed by atoms with Gasteiger partial charge in [0.2, 0.25) is 0 Å². The summed E-state index contributed by atoms with van der Waals surface area (Å²) in [4.78, 5) is 9.76. The van der Waals surface area contributed by atoms with Gasteiger partial charge in [0.25, 0.3) is 0 Å². The maximum atomic E-state index is 9.76. The van der Waals surface area contributed by atoms with Crippen molar-refractivity contribution in [3.8, 4) is 0 Å². The van der Waals surface area contributed by atoms with E-state index in [1.54, 1.807) is 7.05 Å². The fourth-order valence-corrected chi connectivity index (χ4v) is 0.118. The Kier molecular flexibility index (Phi) is 7.05. The molecular formula is C4H8LiNO2. The first-order chi connectivity index (χ1) is 3.18. The summed E-state index contributed by atoms with van der Waals surface area (Å²) in [7, 11) is 1.57. The van der Waals surface area contributed by atoms with Crippen molar-refractivity contribution in [2.24, 2.45) is 0 Å². The van der Waals surface area contributed by atoms with Crippen molar-refractivity contribution in [1.29, 1.82) is 0 Å². The minimum absolute atomic E-state index is 0. The van der Waals surface area contributed by atoms with Gasteiger partial charge in [0.1, 0.15) is 0 Å². The standard InChI is InChI=1S/C4H9NO2.Li/c1-3(5-2)4(6)7;/h3,5H,1-2H3,(H,6,7);/q;+1/p-1/t3-;/m0./s1. The SMILES string of the molecule is CN[C@@H](C)C(=O)[O-].[Li+]. The van der Waals surface area contributed by atoms with E-state index in [4.69, 9.17) is 0 Å². The van der Waals surface area contributed by atoms with Gasteiger partial charge in [0.15, 0.2) is 0 Å². The van der Waals surface area contributed by atoms with E-state index in [0.717, 1.165) is 0 Å². The second-order valence-electron chi connectivity index (χ2n) is 1.33. The zero-order valence-electron chi connectivity index (χ0n) is 5.39. The number of likely N-dealkylation sites (N-methyl/N-ethyl adjacent to an activating group) is 1. The first-order valence-corrected chi connectivity index (χ1v) is 2.06. The molecule has 0 spiro atoms. The van der Waals surface area contributed by atoms with E-state index in [0.29, 0.717) is 0 Å².